The molecule has 2 aromatic rings. The quantitative estimate of drug-likeness (QED) is 0.771. The number of aliphatic carboxylic acids is 1. The van der Waals surface area contributed by atoms with Gasteiger partial charge in [-0.25, -0.2) is 4.79 Å². The first kappa shape index (κ1) is 18.0. The molecule has 6 nitrogen and oxygen atoms in total. The molecular formula is C17H19ClN2O4. The van der Waals surface area contributed by atoms with Crippen LogP contribution in [-0.4, -0.2) is 38.8 Å². The topological polar surface area (TPSA) is 91.6 Å². The van der Waals surface area contributed by atoms with Crippen LogP contribution in [0.4, 0.5) is 0 Å². The average Bonchev–Trinajstić information content (AvgIpc) is 2.79. The van der Waals surface area contributed by atoms with Crippen LogP contribution in [0.5, 0.6) is 0 Å². The lowest BCUT2D eigenvalue weighted by Crippen LogP contribution is -2.46. The summed E-state index contributed by atoms with van der Waals surface area (Å²) in [6.07, 6.45) is 0. The molecule has 1 heterocycles. The molecule has 1 aromatic heterocycles. The molecule has 128 valence electrons. The van der Waals surface area contributed by atoms with E-state index < -0.39 is 17.5 Å². The molecule has 0 fully saturated rings. The van der Waals surface area contributed by atoms with E-state index in [2.05, 4.69) is 5.32 Å². The first-order valence-electron chi connectivity index (χ1n) is 7.32. The molecule has 1 atom stereocenters. The van der Waals surface area contributed by atoms with Crippen molar-refractivity contribution in [2.75, 3.05) is 6.54 Å². The predicted molar refractivity (Wildman–Crippen MR) is 90.8 cm³/mol. The third-order valence-electron chi connectivity index (χ3n) is 3.80. The molecule has 0 bridgehead atoms. The van der Waals surface area contributed by atoms with Gasteiger partial charge in [0, 0.05) is 22.1 Å². The van der Waals surface area contributed by atoms with Crippen molar-refractivity contribution in [1.29, 1.82) is 0 Å². The molecule has 7 heteroatoms. The maximum atomic E-state index is 12.3. The van der Waals surface area contributed by atoms with E-state index in [4.69, 9.17) is 16.7 Å². The Balaban J connectivity index is 2.28. The van der Waals surface area contributed by atoms with Crippen LogP contribution in [-0.2, 0) is 4.79 Å². The summed E-state index contributed by atoms with van der Waals surface area (Å²) in [5.74, 6) is -1.84. The standard InChI is InChI=1S/C17H19ClN2O4/c1-10-7-14(15(21)19-9-17(3,24)16(22)23)11(2)20(10)13-6-4-5-12(18)8-13/h4-8,24H,9H2,1-3H3,(H,19,21)(H,22,23). The minimum atomic E-state index is -2.02. The van der Waals surface area contributed by atoms with E-state index >= 15 is 0 Å². The number of nitrogens with zero attached hydrogens (tertiary/aromatic N) is 1. The summed E-state index contributed by atoms with van der Waals surface area (Å²) >= 11 is 6.02. The number of carbonyl (C=O) groups is 2. The van der Waals surface area contributed by atoms with Crippen molar-refractivity contribution < 1.29 is 19.8 Å². The number of amides is 1. The molecule has 0 aliphatic heterocycles. The van der Waals surface area contributed by atoms with E-state index in [9.17, 15) is 14.7 Å². The molecular weight excluding hydrogens is 332 g/mol. The fourth-order valence-electron chi connectivity index (χ4n) is 2.43. The highest BCUT2D eigenvalue weighted by Gasteiger charge is 2.30. The molecule has 0 aliphatic rings. The van der Waals surface area contributed by atoms with Gasteiger partial charge in [0.25, 0.3) is 5.91 Å². The lowest BCUT2D eigenvalue weighted by atomic mass is 10.1. The van der Waals surface area contributed by atoms with Crippen LogP contribution in [0, 0.1) is 13.8 Å². The van der Waals surface area contributed by atoms with E-state index in [0.29, 0.717) is 16.3 Å². The number of aliphatic hydroxyl groups is 1. The number of hydrogen-bond donors (Lipinski definition) is 3. The monoisotopic (exact) mass is 350 g/mol. The normalized spacial score (nSPS) is 13.4. The van der Waals surface area contributed by atoms with Gasteiger partial charge in [0.1, 0.15) is 0 Å². The summed E-state index contributed by atoms with van der Waals surface area (Å²) in [6, 6.07) is 8.96. The van der Waals surface area contributed by atoms with E-state index in [1.807, 2.05) is 23.6 Å². The number of halogens is 1. The van der Waals surface area contributed by atoms with Gasteiger partial charge in [-0.3, -0.25) is 4.79 Å². The second-order valence-electron chi connectivity index (χ2n) is 5.86. The Labute approximate surface area is 144 Å². The number of carbonyl (C=O) groups excluding carboxylic acids is 1. The second kappa shape index (κ2) is 6.67. The highest BCUT2D eigenvalue weighted by Crippen LogP contribution is 2.23. The molecule has 0 radical (unpaired) electrons. The van der Waals surface area contributed by atoms with Crippen molar-refractivity contribution in [2.24, 2.45) is 0 Å². The van der Waals surface area contributed by atoms with Crippen molar-refractivity contribution in [2.45, 2.75) is 26.4 Å². The zero-order valence-corrected chi connectivity index (χ0v) is 14.4. The van der Waals surface area contributed by atoms with Crippen molar-refractivity contribution in [3.05, 3.63) is 52.3 Å². The van der Waals surface area contributed by atoms with Gasteiger partial charge >= 0.3 is 5.97 Å². The first-order chi connectivity index (χ1) is 11.1. The molecule has 0 spiro atoms. The minimum absolute atomic E-state index is 0.387. The Kier molecular flexibility index (Phi) is 5.01. The van der Waals surface area contributed by atoms with Crippen LogP contribution < -0.4 is 5.32 Å². The maximum Gasteiger partial charge on any atom is 0.337 e. The molecule has 0 aliphatic carbocycles. The largest absolute Gasteiger partial charge is 0.479 e. The number of carboxylic acid groups (broad SMARTS) is 1. The molecule has 1 unspecified atom stereocenters. The van der Waals surface area contributed by atoms with Crippen LogP contribution in [0.1, 0.15) is 28.7 Å². The SMILES string of the molecule is Cc1cc(C(=O)NCC(C)(O)C(=O)O)c(C)n1-c1cccc(Cl)c1. The number of hydrogen-bond acceptors (Lipinski definition) is 3. The van der Waals surface area contributed by atoms with Gasteiger partial charge in [-0.05, 0) is 45.0 Å². The van der Waals surface area contributed by atoms with E-state index in [-0.39, 0.29) is 6.54 Å². The lowest BCUT2D eigenvalue weighted by molar-refractivity contribution is -0.155. The van der Waals surface area contributed by atoms with Crippen LogP contribution in [0.15, 0.2) is 30.3 Å². The zero-order chi connectivity index (χ0) is 18.1. The Bertz CT molecular complexity index is 796. The summed E-state index contributed by atoms with van der Waals surface area (Å²) in [6.45, 7) is 4.39. The third-order valence-corrected chi connectivity index (χ3v) is 4.03. The van der Waals surface area contributed by atoms with Gasteiger partial charge in [-0.15, -0.1) is 0 Å². The smallest absolute Gasteiger partial charge is 0.337 e. The number of aryl methyl sites for hydroxylation is 1. The first-order valence-corrected chi connectivity index (χ1v) is 7.70. The summed E-state index contributed by atoms with van der Waals surface area (Å²) < 4.78 is 1.89. The summed E-state index contributed by atoms with van der Waals surface area (Å²) in [4.78, 5) is 23.2. The maximum absolute atomic E-state index is 12.3. The number of aromatic nitrogens is 1. The van der Waals surface area contributed by atoms with Crippen LogP contribution in [0.3, 0.4) is 0 Å². The van der Waals surface area contributed by atoms with Crippen molar-refractivity contribution in [3.8, 4) is 5.69 Å². The van der Waals surface area contributed by atoms with E-state index in [1.54, 1.807) is 25.1 Å². The summed E-state index contributed by atoms with van der Waals surface area (Å²) in [5, 5.41) is 21.6. The van der Waals surface area contributed by atoms with Crippen LogP contribution in [0.25, 0.3) is 5.69 Å². The molecule has 0 saturated heterocycles. The van der Waals surface area contributed by atoms with Crippen molar-refractivity contribution in [3.63, 3.8) is 0 Å². The Morgan fingerprint density at radius 1 is 1.29 bits per heavy atom. The molecule has 2 rings (SSSR count). The molecule has 1 aromatic carbocycles. The van der Waals surface area contributed by atoms with Gasteiger partial charge in [-0.1, -0.05) is 17.7 Å². The fraction of sp³-hybridized carbons (Fsp3) is 0.294. The Morgan fingerprint density at radius 2 is 1.96 bits per heavy atom. The zero-order valence-electron chi connectivity index (χ0n) is 13.6. The van der Waals surface area contributed by atoms with Gasteiger partial charge in [-0.2, -0.15) is 0 Å². The predicted octanol–water partition coefficient (Wildman–Crippen LogP) is 2.31. The molecule has 0 saturated carbocycles. The Morgan fingerprint density at radius 3 is 2.54 bits per heavy atom. The van der Waals surface area contributed by atoms with Crippen molar-refractivity contribution >= 4 is 23.5 Å². The minimum Gasteiger partial charge on any atom is -0.479 e. The van der Waals surface area contributed by atoms with Crippen LogP contribution >= 0.6 is 11.6 Å². The molecule has 1 amide bonds. The van der Waals surface area contributed by atoms with Gasteiger partial charge < -0.3 is 20.1 Å². The summed E-state index contributed by atoms with van der Waals surface area (Å²) in [7, 11) is 0. The number of carboxylic acids is 1. The average molecular weight is 351 g/mol. The molecule has 3 N–H and O–H groups in total. The van der Waals surface area contributed by atoms with E-state index in [0.717, 1.165) is 18.3 Å². The highest BCUT2D eigenvalue weighted by atomic mass is 35.5. The second-order valence-corrected chi connectivity index (χ2v) is 6.30. The number of benzene rings is 1. The van der Waals surface area contributed by atoms with Crippen molar-refractivity contribution in [1.82, 2.24) is 9.88 Å². The van der Waals surface area contributed by atoms with Gasteiger partial charge in [0.2, 0.25) is 0 Å². The van der Waals surface area contributed by atoms with Gasteiger partial charge in [0.15, 0.2) is 5.60 Å². The Hall–Kier alpha value is -2.31. The van der Waals surface area contributed by atoms with Crippen LogP contribution in [0.2, 0.25) is 5.02 Å². The molecule has 24 heavy (non-hydrogen) atoms. The number of nitrogens with one attached hydrogen (secondary N) is 1. The highest BCUT2D eigenvalue weighted by molar-refractivity contribution is 6.30. The fourth-order valence-corrected chi connectivity index (χ4v) is 2.61. The lowest BCUT2D eigenvalue weighted by Gasteiger charge is -2.18. The third kappa shape index (κ3) is 3.60. The number of rotatable bonds is 5. The summed E-state index contributed by atoms with van der Waals surface area (Å²) in [5.41, 5.74) is 0.753. The van der Waals surface area contributed by atoms with Gasteiger partial charge in [0.05, 0.1) is 12.1 Å². The van der Waals surface area contributed by atoms with E-state index in [1.165, 1.54) is 0 Å².